The molecule has 4 N–H and O–H groups in total. The molecule has 1 aromatic carbocycles. The number of hydrogen-bond acceptors (Lipinski definition) is 4. The maximum Gasteiger partial charge on any atom is 0.384 e. The summed E-state index contributed by atoms with van der Waals surface area (Å²) in [7, 11) is -4.78. The van der Waals surface area contributed by atoms with E-state index in [9.17, 15) is 9.36 Å². The number of hydrogen-bond donors (Lipinski definition) is 3. The number of esters is 1. The average Bonchev–Trinajstić information content (AvgIpc) is 2.28. The summed E-state index contributed by atoms with van der Waals surface area (Å²) in [5.74, 6) is -0.968. The van der Waals surface area contributed by atoms with E-state index in [1.54, 1.807) is 24.3 Å². The van der Waals surface area contributed by atoms with Gasteiger partial charge in [-0.05, 0) is 12.0 Å². The Balaban J connectivity index is 2.66. The van der Waals surface area contributed by atoms with E-state index in [-0.39, 0.29) is 6.42 Å². The van der Waals surface area contributed by atoms with Gasteiger partial charge in [-0.15, -0.1) is 0 Å². The SMILES string of the molecule is CC(Cl)(OC(=O)[C@@H](N)Cc1ccccc1)P(=O)(O)O. The molecule has 0 spiro atoms. The molecule has 106 valence electrons. The third kappa shape index (κ3) is 4.60. The van der Waals surface area contributed by atoms with Crippen LogP contribution in [-0.2, 0) is 20.5 Å². The number of ether oxygens (including phenoxy) is 1. The van der Waals surface area contributed by atoms with Crippen molar-refractivity contribution in [3.63, 3.8) is 0 Å². The van der Waals surface area contributed by atoms with Crippen molar-refractivity contribution in [2.45, 2.75) is 24.2 Å². The predicted molar refractivity (Wildman–Crippen MR) is 70.5 cm³/mol. The number of alkyl halides is 1. The van der Waals surface area contributed by atoms with E-state index < -0.39 is 24.4 Å². The fourth-order valence-corrected chi connectivity index (χ4v) is 1.56. The van der Waals surface area contributed by atoms with E-state index in [0.29, 0.717) is 0 Å². The Morgan fingerprint density at radius 3 is 2.47 bits per heavy atom. The van der Waals surface area contributed by atoms with E-state index in [2.05, 4.69) is 4.74 Å². The fourth-order valence-electron chi connectivity index (χ4n) is 1.27. The van der Waals surface area contributed by atoms with Crippen molar-refractivity contribution < 1.29 is 23.9 Å². The third-order valence-corrected chi connectivity index (χ3v) is 4.28. The number of halogens is 1. The minimum absolute atomic E-state index is 0.188. The zero-order valence-corrected chi connectivity index (χ0v) is 11.8. The highest BCUT2D eigenvalue weighted by Gasteiger charge is 2.45. The van der Waals surface area contributed by atoms with Gasteiger partial charge in [0.2, 0.25) is 0 Å². The molecule has 6 nitrogen and oxygen atoms in total. The molecular weight excluding hydrogens is 293 g/mol. The summed E-state index contributed by atoms with van der Waals surface area (Å²) in [4.78, 5) is 27.1. The van der Waals surface area contributed by atoms with Crippen molar-refractivity contribution in [3.8, 4) is 0 Å². The van der Waals surface area contributed by atoms with Crippen LogP contribution in [0, 0.1) is 0 Å². The molecule has 0 radical (unpaired) electrons. The Morgan fingerprint density at radius 2 is 2.00 bits per heavy atom. The largest absolute Gasteiger partial charge is 0.430 e. The first kappa shape index (κ1) is 16.1. The maximum atomic E-state index is 11.6. The van der Waals surface area contributed by atoms with Gasteiger partial charge in [0.25, 0.3) is 4.80 Å². The summed E-state index contributed by atoms with van der Waals surface area (Å²) in [6.07, 6.45) is 0.188. The van der Waals surface area contributed by atoms with Crippen molar-refractivity contribution in [2.75, 3.05) is 0 Å². The minimum Gasteiger partial charge on any atom is -0.430 e. The van der Waals surface area contributed by atoms with Gasteiger partial charge in [0.1, 0.15) is 6.04 Å². The molecule has 1 rings (SSSR count). The van der Waals surface area contributed by atoms with Gasteiger partial charge < -0.3 is 20.3 Å². The second-order valence-corrected chi connectivity index (χ2v) is 7.06. The molecule has 19 heavy (non-hydrogen) atoms. The molecular formula is C11H15ClNO5P. The van der Waals surface area contributed by atoms with Gasteiger partial charge in [0.05, 0.1) is 0 Å². The Hall–Kier alpha value is -0.910. The Labute approximate surface area is 115 Å². The van der Waals surface area contributed by atoms with Gasteiger partial charge in [0, 0.05) is 6.92 Å². The first-order valence-corrected chi connectivity index (χ1v) is 7.39. The highest BCUT2D eigenvalue weighted by atomic mass is 35.5. The first-order chi connectivity index (χ1) is 8.63. The van der Waals surface area contributed by atoms with Crippen molar-refractivity contribution in [3.05, 3.63) is 35.9 Å². The van der Waals surface area contributed by atoms with Crippen molar-refractivity contribution in [2.24, 2.45) is 5.73 Å². The molecule has 0 bridgehead atoms. The van der Waals surface area contributed by atoms with Crippen LogP contribution in [0.2, 0.25) is 0 Å². The average molecular weight is 308 g/mol. The molecule has 0 fully saturated rings. The molecule has 0 saturated carbocycles. The normalized spacial score (nSPS) is 16.5. The summed E-state index contributed by atoms with van der Waals surface area (Å²) in [6, 6.07) is 7.89. The summed E-state index contributed by atoms with van der Waals surface area (Å²) < 4.78 is 15.6. The quantitative estimate of drug-likeness (QED) is 0.428. The van der Waals surface area contributed by atoms with Crippen LogP contribution in [0.5, 0.6) is 0 Å². The Bertz CT molecular complexity index is 487. The summed E-state index contributed by atoms with van der Waals surface area (Å²) in [5, 5.41) is 0. The predicted octanol–water partition coefficient (Wildman–Crippen LogP) is 1.19. The number of benzene rings is 1. The van der Waals surface area contributed by atoms with Crippen LogP contribution in [0.4, 0.5) is 0 Å². The molecule has 1 aromatic rings. The number of rotatable bonds is 5. The fraction of sp³-hybridized carbons (Fsp3) is 0.364. The number of carbonyl (C=O) groups is 1. The molecule has 0 heterocycles. The summed E-state index contributed by atoms with van der Waals surface area (Å²) in [5.41, 5.74) is 6.42. The lowest BCUT2D eigenvalue weighted by Crippen LogP contribution is -2.39. The minimum atomic E-state index is -4.78. The molecule has 0 aliphatic carbocycles. The lowest BCUT2D eigenvalue weighted by atomic mass is 10.1. The first-order valence-electron chi connectivity index (χ1n) is 5.40. The Morgan fingerprint density at radius 1 is 1.47 bits per heavy atom. The molecule has 0 saturated heterocycles. The van der Waals surface area contributed by atoms with Gasteiger partial charge in [0.15, 0.2) is 0 Å². The molecule has 0 aliphatic heterocycles. The van der Waals surface area contributed by atoms with E-state index in [1.807, 2.05) is 6.07 Å². The monoisotopic (exact) mass is 307 g/mol. The van der Waals surface area contributed by atoms with Crippen molar-refractivity contribution in [1.82, 2.24) is 0 Å². The van der Waals surface area contributed by atoms with E-state index in [1.165, 1.54) is 0 Å². The highest BCUT2D eigenvalue weighted by molar-refractivity contribution is 7.55. The summed E-state index contributed by atoms with van der Waals surface area (Å²) in [6.45, 7) is 0.919. The highest BCUT2D eigenvalue weighted by Crippen LogP contribution is 2.53. The van der Waals surface area contributed by atoms with Gasteiger partial charge in [-0.2, -0.15) is 0 Å². The standard InChI is InChI=1S/C11H15ClNO5P/c1-11(12,19(15,16)17)18-10(14)9(13)7-8-5-3-2-4-6-8/h2-6,9H,7,13H2,1H3,(H2,15,16,17)/t9-,11?/m0/s1. The smallest absolute Gasteiger partial charge is 0.384 e. The lowest BCUT2D eigenvalue weighted by molar-refractivity contribution is -0.149. The number of carbonyl (C=O) groups excluding carboxylic acids is 1. The van der Waals surface area contributed by atoms with Gasteiger partial charge in [-0.1, -0.05) is 41.9 Å². The second kappa shape index (κ2) is 6.03. The maximum absolute atomic E-state index is 11.6. The second-order valence-electron chi connectivity index (χ2n) is 4.13. The van der Waals surface area contributed by atoms with Crippen LogP contribution in [0.25, 0.3) is 0 Å². The molecule has 0 aliphatic rings. The lowest BCUT2D eigenvalue weighted by Gasteiger charge is -2.24. The van der Waals surface area contributed by atoms with Crippen LogP contribution in [0.15, 0.2) is 30.3 Å². The van der Waals surface area contributed by atoms with Crippen LogP contribution in [0.3, 0.4) is 0 Å². The molecule has 0 aromatic heterocycles. The molecule has 0 amide bonds. The van der Waals surface area contributed by atoms with E-state index >= 15 is 0 Å². The van der Waals surface area contributed by atoms with E-state index in [0.717, 1.165) is 12.5 Å². The Kier molecular flexibility index (Phi) is 5.12. The number of nitrogens with two attached hydrogens (primary N) is 1. The molecule has 8 heteroatoms. The van der Waals surface area contributed by atoms with E-state index in [4.69, 9.17) is 27.1 Å². The van der Waals surface area contributed by atoms with Crippen LogP contribution < -0.4 is 5.73 Å². The third-order valence-electron chi connectivity index (χ3n) is 2.41. The van der Waals surface area contributed by atoms with Gasteiger partial charge in [-0.3, -0.25) is 9.36 Å². The zero-order chi connectivity index (χ0) is 14.7. The van der Waals surface area contributed by atoms with Crippen molar-refractivity contribution in [1.29, 1.82) is 0 Å². The molecule has 1 unspecified atom stereocenters. The van der Waals surface area contributed by atoms with Crippen LogP contribution in [0.1, 0.15) is 12.5 Å². The zero-order valence-electron chi connectivity index (χ0n) is 10.2. The summed E-state index contributed by atoms with van der Waals surface area (Å²) >= 11 is 5.49. The van der Waals surface area contributed by atoms with Gasteiger partial charge >= 0.3 is 13.6 Å². The van der Waals surface area contributed by atoms with Crippen LogP contribution >= 0.6 is 19.2 Å². The molecule has 2 atom stereocenters. The topological polar surface area (TPSA) is 110 Å². The van der Waals surface area contributed by atoms with Gasteiger partial charge in [-0.25, -0.2) is 0 Å². The van der Waals surface area contributed by atoms with Crippen molar-refractivity contribution >= 4 is 25.2 Å². The van der Waals surface area contributed by atoms with Crippen LogP contribution in [-0.4, -0.2) is 26.6 Å².